The van der Waals surface area contributed by atoms with Gasteiger partial charge in [-0.05, 0) is 63.3 Å². The molecule has 1 aromatic heterocycles. The zero-order valence-electron chi connectivity index (χ0n) is 18.2. The van der Waals surface area contributed by atoms with Crippen molar-refractivity contribution in [1.82, 2.24) is 14.2 Å². The van der Waals surface area contributed by atoms with Crippen molar-refractivity contribution in [1.29, 1.82) is 0 Å². The van der Waals surface area contributed by atoms with E-state index in [1.807, 2.05) is 31.1 Å². The highest BCUT2D eigenvalue weighted by molar-refractivity contribution is 7.89. The molecule has 0 saturated heterocycles. The zero-order valence-corrected chi connectivity index (χ0v) is 20.5. The van der Waals surface area contributed by atoms with Crippen LogP contribution in [0, 0.1) is 0 Å². The summed E-state index contributed by atoms with van der Waals surface area (Å²) in [5.41, 5.74) is 1.07. The number of likely N-dealkylation sites (N-methyl/N-ethyl adjacent to an activating group) is 1. The van der Waals surface area contributed by atoms with Gasteiger partial charge in [0.15, 0.2) is 5.13 Å². The number of nitrogens with zero attached hydrogens (tertiary/aromatic N) is 4. The van der Waals surface area contributed by atoms with E-state index >= 15 is 0 Å². The molecule has 0 unspecified atom stereocenters. The topological polar surface area (TPSA) is 73.8 Å². The van der Waals surface area contributed by atoms with Gasteiger partial charge in [-0.25, -0.2) is 13.4 Å². The minimum absolute atomic E-state index is 0.0775. The lowest BCUT2D eigenvalue weighted by Gasteiger charge is -2.22. The predicted molar refractivity (Wildman–Crippen MR) is 129 cm³/mol. The molecule has 1 aliphatic carbocycles. The molecule has 7 nitrogen and oxygen atoms in total. The number of fused-ring (bicyclic) bond motifs is 1. The minimum atomic E-state index is -3.56. The number of para-hydroxylation sites is 1. The molecule has 1 saturated carbocycles. The van der Waals surface area contributed by atoms with Crippen LogP contribution >= 0.6 is 22.9 Å². The van der Waals surface area contributed by atoms with Gasteiger partial charge >= 0.3 is 0 Å². The Morgan fingerprint density at radius 1 is 1.09 bits per heavy atom. The summed E-state index contributed by atoms with van der Waals surface area (Å²) in [6.07, 6.45) is 1.78. The van der Waals surface area contributed by atoms with Crippen LogP contribution in [0.25, 0.3) is 10.2 Å². The fourth-order valence-electron chi connectivity index (χ4n) is 3.33. The van der Waals surface area contributed by atoms with E-state index < -0.39 is 10.0 Å². The van der Waals surface area contributed by atoms with E-state index in [1.54, 1.807) is 30.1 Å². The van der Waals surface area contributed by atoms with Crippen molar-refractivity contribution in [3.8, 4) is 0 Å². The fourth-order valence-corrected chi connectivity index (χ4v) is 6.03. The highest BCUT2D eigenvalue weighted by atomic mass is 35.5. The Kier molecular flexibility index (Phi) is 6.56. The molecule has 1 amide bonds. The molecule has 0 bridgehead atoms. The Morgan fingerprint density at radius 2 is 1.78 bits per heavy atom. The van der Waals surface area contributed by atoms with Crippen molar-refractivity contribution in [3.63, 3.8) is 0 Å². The van der Waals surface area contributed by atoms with E-state index in [9.17, 15) is 13.2 Å². The van der Waals surface area contributed by atoms with Gasteiger partial charge in [0.25, 0.3) is 5.91 Å². The molecule has 2 aromatic carbocycles. The number of halogens is 1. The molecule has 0 atom stereocenters. The van der Waals surface area contributed by atoms with Gasteiger partial charge in [0, 0.05) is 31.7 Å². The van der Waals surface area contributed by atoms with Crippen molar-refractivity contribution in [2.24, 2.45) is 0 Å². The molecule has 0 N–H and O–H groups in total. The molecule has 4 rings (SSSR count). The maximum absolute atomic E-state index is 13.4. The van der Waals surface area contributed by atoms with Crippen LogP contribution in [-0.4, -0.2) is 68.8 Å². The van der Waals surface area contributed by atoms with Gasteiger partial charge in [-0.3, -0.25) is 9.69 Å². The molecular weight excluding hydrogens is 468 g/mol. The standard InChI is InChI=1S/C22H25ClN4O3S2/c1-25(2)13-14-27(22-24-20-18(23)5-4-6-19(20)31-22)21(28)15-7-11-17(12-8-15)32(29,30)26(3)16-9-10-16/h4-8,11-12,16H,9-10,13-14H2,1-3H3. The van der Waals surface area contributed by atoms with Crippen LogP contribution in [0.2, 0.25) is 5.02 Å². The summed E-state index contributed by atoms with van der Waals surface area (Å²) in [5.74, 6) is -0.235. The number of rotatable bonds is 8. The van der Waals surface area contributed by atoms with E-state index in [1.165, 1.54) is 27.8 Å². The average molecular weight is 493 g/mol. The van der Waals surface area contributed by atoms with Crippen molar-refractivity contribution in [2.45, 2.75) is 23.8 Å². The summed E-state index contributed by atoms with van der Waals surface area (Å²) >= 11 is 7.69. The fraction of sp³-hybridized carbons (Fsp3) is 0.364. The van der Waals surface area contributed by atoms with Crippen LogP contribution in [-0.2, 0) is 10.0 Å². The molecule has 170 valence electrons. The quantitative estimate of drug-likeness (QED) is 0.476. The summed E-state index contributed by atoms with van der Waals surface area (Å²) in [4.78, 5) is 21.8. The van der Waals surface area contributed by atoms with E-state index in [4.69, 9.17) is 11.6 Å². The molecular formula is C22H25ClN4O3S2. The van der Waals surface area contributed by atoms with Crippen molar-refractivity contribution in [2.75, 3.05) is 39.1 Å². The van der Waals surface area contributed by atoms with E-state index in [0.29, 0.717) is 34.3 Å². The third-order valence-electron chi connectivity index (χ3n) is 5.44. The predicted octanol–water partition coefficient (Wildman–Crippen LogP) is 3.94. The molecule has 32 heavy (non-hydrogen) atoms. The van der Waals surface area contributed by atoms with Crippen LogP contribution in [0.4, 0.5) is 5.13 Å². The number of carbonyl (C=O) groups excluding carboxylic acids is 1. The second-order valence-corrected chi connectivity index (χ2v) is 11.5. The Morgan fingerprint density at radius 3 is 2.38 bits per heavy atom. The first-order valence-electron chi connectivity index (χ1n) is 10.3. The number of hydrogen-bond acceptors (Lipinski definition) is 6. The largest absolute Gasteiger partial charge is 0.308 e. The van der Waals surface area contributed by atoms with Gasteiger partial charge in [-0.2, -0.15) is 4.31 Å². The first-order chi connectivity index (χ1) is 15.2. The molecule has 1 aliphatic rings. The van der Waals surface area contributed by atoms with Crippen molar-refractivity contribution < 1.29 is 13.2 Å². The lowest BCUT2D eigenvalue weighted by molar-refractivity contribution is 0.0985. The molecule has 1 fully saturated rings. The number of benzene rings is 2. The number of sulfonamides is 1. The number of thiazole rings is 1. The average Bonchev–Trinajstić information content (AvgIpc) is 3.52. The number of aromatic nitrogens is 1. The van der Waals surface area contributed by atoms with Crippen LogP contribution in [0.1, 0.15) is 23.2 Å². The summed E-state index contributed by atoms with van der Waals surface area (Å²) in [7, 11) is 1.92. The van der Waals surface area contributed by atoms with Crippen LogP contribution in [0.3, 0.4) is 0 Å². The summed E-state index contributed by atoms with van der Waals surface area (Å²) in [6, 6.07) is 11.8. The first kappa shape index (κ1) is 23.1. The highest BCUT2D eigenvalue weighted by Gasteiger charge is 2.35. The van der Waals surface area contributed by atoms with E-state index in [2.05, 4.69) is 4.98 Å². The number of hydrogen-bond donors (Lipinski definition) is 0. The Hall–Kier alpha value is -2.04. The lowest BCUT2D eigenvalue weighted by atomic mass is 10.2. The minimum Gasteiger partial charge on any atom is -0.308 e. The third-order valence-corrected chi connectivity index (χ3v) is 8.72. The Bertz CT molecular complexity index is 1240. The molecule has 10 heteroatoms. The smallest absolute Gasteiger partial charge is 0.260 e. The van der Waals surface area contributed by atoms with Gasteiger partial charge < -0.3 is 4.90 Å². The van der Waals surface area contributed by atoms with Crippen LogP contribution in [0.15, 0.2) is 47.4 Å². The molecule has 3 aromatic rings. The molecule has 0 spiro atoms. The first-order valence-corrected chi connectivity index (χ1v) is 12.9. The normalized spacial score (nSPS) is 14.4. The second-order valence-electron chi connectivity index (χ2n) is 8.12. The molecule has 1 heterocycles. The van der Waals surface area contributed by atoms with Crippen molar-refractivity contribution >= 4 is 54.2 Å². The Labute approximate surface area is 197 Å². The number of amides is 1. The Balaban J connectivity index is 1.63. The monoisotopic (exact) mass is 492 g/mol. The molecule has 0 aliphatic heterocycles. The van der Waals surface area contributed by atoms with E-state index in [-0.39, 0.29) is 16.8 Å². The van der Waals surface area contributed by atoms with Crippen LogP contribution in [0.5, 0.6) is 0 Å². The van der Waals surface area contributed by atoms with Crippen LogP contribution < -0.4 is 4.90 Å². The maximum atomic E-state index is 13.4. The summed E-state index contributed by atoms with van der Waals surface area (Å²) < 4.78 is 27.8. The third kappa shape index (κ3) is 4.67. The SMILES string of the molecule is CN(C)CCN(C(=O)c1ccc(S(=O)(=O)N(C)C2CC2)cc1)c1nc2c(Cl)cccc2s1. The van der Waals surface area contributed by atoms with Gasteiger partial charge in [0.2, 0.25) is 10.0 Å². The number of carbonyl (C=O) groups is 1. The summed E-state index contributed by atoms with van der Waals surface area (Å²) in [6.45, 7) is 1.09. The van der Waals surface area contributed by atoms with Gasteiger partial charge in [0.05, 0.1) is 14.6 Å². The maximum Gasteiger partial charge on any atom is 0.260 e. The number of anilines is 1. The second kappa shape index (κ2) is 9.07. The molecule has 0 radical (unpaired) electrons. The zero-order chi connectivity index (χ0) is 23.0. The van der Waals surface area contributed by atoms with E-state index in [0.717, 1.165) is 17.5 Å². The van der Waals surface area contributed by atoms with Crippen molar-refractivity contribution in [3.05, 3.63) is 53.1 Å². The van der Waals surface area contributed by atoms with Gasteiger partial charge in [0.1, 0.15) is 5.52 Å². The lowest BCUT2D eigenvalue weighted by Crippen LogP contribution is -2.36. The van der Waals surface area contributed by atoms with Gasteiger partial charge in [-0.15, -0.1) is 0 Å². The highest BCUT2D eigenvalue weighted by Crippen LogP contribution is 2.34. The summed E-state index contributed by atoms with van der Waals surface area (Å²) in [5, 5.41) is 1.10. The van der Waals surface area contributed by atoms with Gasteiger partial charge in [-0.1, -0.05) is 29.0 Å².